The van der Waals surface area contributed by atoms with Crippen molar-refractivity contribution in [2.24, 2.45) is 0 Å². The highest BCUT2D eigenvalue weighted by atomic mass is 35.5. The van der Waals surface area contributed by atoms with Gasteiger partial charge in [0, 0.05) is 15.6 Å². The van der Waals surface area contributed by atoms with Gasteiger partial charge >= 0.3 is 5.97 Å². The average molecular weight is 299 g/mol. The molecule has 0 aliphatic carbocycles. The van der Waals surface area contributed by atoms with Crippen molar-refractivity contribution in [1.82, 2.24) is 0 Å². The van der Waals surface area contributed by atoms with Crippen LogP contribution in [0.25, 0.3) is 11.1 Å². The van der Waals surface area contributed by atoms with Crippen LogP contribution in [0.1, 0.15) is 10.4 Å². The zero-order chi connectivity index (χ0) is 14.0. The Balaban J connectivity index is 2.47. The van der Waals surface area contributed by atoms with Gasteiger partial charge in [-0.3, -0.25) is 0 Å². The van der Waals surface area contributed by atoms with Gasteiger partial charge in [-0.15, -0.1) is 0 Å². The van der Waals surface area contributed by atoms with E-state index in [9.17, 15) is 9.18 Å². The second-order valence-corrected chi connectivity index (χ2v) is 4.65. The first-order chi connectivity index (χ1) is 9.02. The second-order valence-electron chi connectivity index (χ2n) is 3.81. The highest BCUT2D eigenvalue weighted by molar-refractivity contribution is 6.36. The lowest BCUT2D eigenvalue weighted by molar-refractivity contribution is 0.0595. The van der Waals surface area contributed by atoms with Gasteiger partial charge in [-0.2, -0.15) is 0 Å². The van der Waals surface area contributed by atoms with Crippen molar-refractivity contribution in [3.05, 3.63) is 57.8 Å². The van der Waals surface area contributed by atoms with Crippen LogP contribution in [0, 0.1) is 5.82 Å². The molecule has 0 N–H and O–H groups in total. The van der Waals surface area contributed by atoms with Crippen molar-refractivity contribution in [2.75, 3.05) is 7.11 Å². The third-order valence-electron chi connectivity index (χ3n) is 2.62. The Kier molecular flexibility index (Phi) is 4.08. The quantitative estimate of drug-likeness (QED) is 0.758. The van der Waals surface area contributed by atoms with E-state index in [1.54, 1.807) is 24.3 Å². The predicted molar refractivity (Wildman–Crippen MR) is 73.2 cm³/mol. The Bertz CT molecular complexity index is 641. The number of halogens is 3. The Labute approximate surface area is 119 Å². The smallest absolute Gasteiger partial charge is 0.340 e. The van der Waals surface area contributed by atoms with E-state index in [0.29, 0.717) is 21.2 Å². The minimum absolute atomic E-state index is 0.115. The molecule has 0 aliphatic heterocycles. The molecule has 0 fully saturated rings. The first-order valence-corrected chi connectivity index (χ1v) is 6.12. The molecule has 0 bridgehead atoms. The van der Waals surface area contributed by atoms with Gasteiger partial charge < -0.3 is 4.74 Å². The van der Waals surface area contributed by atoms with Crippen molar-refractivity contribution in [3.63, 3.8) is 0 Å². The lowest BCUT2D eigenvalue weighted by atomic mass is 10.0. The van der Waals surface area contributed by atoms with Crippen LogP contribution in [0.2, 0.25) is 10.0 Å². The van der Waals surface area contributed by atoms with Crippen LogP contribution in [0.15, 0.2) is 36.4 Å². The van der Waals surface area contributed by atoms with E-state index in [1.165, 1.54) is 19.2 Å². The third-order valence-corrected chi connectivity index (χ3v) is 3.16. The van der Waals surface area contributed by atoms with Crippen LogP contribution in [0.4, 0.5) is 4.39 Å². The summed E-state index contributed by atoms with van der Waals surface area (Å²) in [5.74, 6) is -1.37. The summed E-state index contributed by atoms with van der Waals surface area (Å²) in [4.78, 5) is 11.3. The van der Waals surface area contributed by atoms with Gasteiger partial charge in [0.2, 0.25) is 0 Å². The monoisotopic (exact) mass is 298 g/mol. The Hall–Kier alpha value is -1.58. The molecule has 0 saturated heterocycles. The fraction of sp³-hybridized carbons (Fsp3) is 0.0714. The number of esters is 1. The van der Waals surface area contributed by atoms with Gasteiger partial charge in [-0.05, 0) is 29.8 Å². The minimum atomic E-state index is -0.716. The Morgan fingerprint density at radius 1 is 1.16 bits per heavy atom. The molecule has 19 heavy (non-hydrogen) atoms. The Morgan fingerprint density at radius 2 is 1.89 bits per heavy atom. The van der Waals surface area contributed by atoms with Crippen molar-refractivity contribution in [1.29, 1.82) is 0 Å². The molecule has 2 aromatic carbocycles. The number of hydrogen-bond donors (Lipinski definition) is 0. The van der Waals surface area contributed by atoms with E-state index in [1.807, 2.05) is 0 Å². The molecule has 0 radical (unpaired) electrons. The summed E-state index contributed by atoms with van der Waals surface area (Å²) < 4.78 is 18.3. The molecule has 5 heteroatoms. The fourth-order valence-corrected chi connectivity index (χ4v) is 2.20. The van der Waals surface area contributed by atoms with E-state index in [0.717, 1.165) is 0 Å². The van der Waals surface area contributed by atoms with E-state index < -0.39 is 11.8 Å². The molecule has 0 spiro atoms. The topological polar surface area (TPSA) is 26.3 Å². The third kappa shape index (κ3) is 2.88. The van der Waals surface area contributed by atoms with Crippen LogP contribution in [0.5, 0.6) is 0 Å². The second kappa shape index (κ2) is 5.59. The normalized spacial score (nSPS) is 10.3. The van der Waals surface area contributed by atoms with Gasteiger partial charge in [0.25, 0.3) is 0 Å². The van der Waals surface area contributed by atoms with Crippen LogP contribution < -0.4 is 0 Å². The van der Waals surface area contributed by atoms with Crippen molar-refractivity contribution in [3.8, 4) is 11.1 Å². The largest absolute Gasteiger partial charge is 0.465 e. The molecule has 0 heterocycles. The fourth-order valence-electron chi connectivity index (χ4n) is 1.68. The molecule has 0 atom stereocenters. The van der Waals surface area contributed by atoms with E-state index in [4.69, 9.17) is 23.2 Å². The average Bonchev–Trinajstić information content (AvgIpc) is 2.37. The standard InChI is InChI=1S/C14H9Cl2FO2/c1-19-14(18)11-4-2-8(6-13(11)17)10-5-3-9(15)7-12(10)16/h2-7H,1H3. The lowest BCUT2D eigenvalue weighted by Gasteiger charge is -2.07. The van der Waals surface area contributed by atoms with Gasteiger partial charge in [0.1, 0.15) is 5.82 Å². The van der Waals surface area contributed by atoms with Gasteiger partial charge in [0.05, 0.1) is 12.7 Å². The number of methoxy groups -OCH3 is 1. The number of benzene rings is 2. The van der Waals surface area contributed by atoms with E-state index in [2.05, 4.69) is 4.74 Å². The van der Waals surface area contributed by atoms with Gasteiger partial charge in [0.15, 0.2) is 0 Å². The summed E-state index contributed by atoms with van der Waals surface area (Å²) in [5.41, 5.74) is 1.09. The SMILES string of the molecule is COC(=O)c1ccc(-c2ccc(Cl)cc2Cl)cc1F. The summed E-state index contributed by atoms with van der Waals surface area (Å²) in [5, 5.41) is 0.915. The summed E-state index contributed by atoms with van der Waals surface area (Å²) in [6.07, 6.45) is 0. The Morgan fingerprint density at radius 3 is 2.47 bits per heavy atom. The molecule has 98 valence electrons. The highest BCUT2D eigenvalue weighted by Gasteiger charge is 2.14. The lowest BCUT2D eigenvalue weighted by Crippen LogP contribution is -2.04. The zero-order valence-electron chi connectivity index (χ0n) is 9.91. The number of ether oxygens (including phenoxy) is 1. The van der Waals surface area contributed by atoms with Crippen molar-refractivity contribution in [2.45, 2.75) is 0 Å². The van der Waals surface area contributed by atoms with Gasteiger partial charge in [-0.25, -0.2) is 9.18 Å². The van der Waals surface area contributed by atoms with Crippen LogP contribution >= 0.6 is 23.2 Å². The predicted octanol–water partition coefficient (Wildman–Crippen LogP) is 4.59. The molecule has 2 nitrogen and oxygen atoms in total. The minimum Gasteiger partial charge on any atom is -0.465 e. The zero-order valence-corrected chi connectivity index (χ0v) is 11.4. The van der Waals surface area contributed by atoms with Crippen LogP contribution in [-0.2, 0) is 4.74 Å². The maximum Gasteiger partial charge on any atom is 0.340 e. The maximum absolute atomic E-state index is 13.8. The van der Waals surface area contributed by atoms with Crippen LogP contribution in [-0.4, -0.2) is 13.1 Å². The molecule has 0 aliphatic rings. The molecule has 0 saturated carbocycles. The molecule has 0 aromatic heterocycles. The number of hydrogen-bond acceptors (Lipinski definition) is 2. The number of carbonyl (C=O) groups is 1. The molecular formula is C14H9Cl2FO2. The summed E-state index contributed by atoms with van der Waals surface area (Å²) >= 11 is 11.8. The molecule has 2 aromatic rings. The summed E-state index contributed by atoms with van der Waals surface area (Å²) in [6.45, 7) is 0. The maximum atomic E-state index is 13.8. The van der Waals surface area contributed by atoms with E-state index >= 15 is 0 Å². The molecule has 2 rings (SSSR count). The van der Waals surface area contributed by atoms with Crippen LogP contribution in [0.3, 0.4) is 0 Å². The molecule has 0 unspecified atom stereocenters. The van der Waals surface area contributed by atoms with Crippen molar-refractivity contribution < 1.29 is 13.9 Å². The summed E-state index contributed by atoms with van der Waals surface area (Å²) in [6, 6.07) is 9.13. The molecular weight excluding hydrogens is 290 g/mol. The van der Waals surface area contributed by atoms with E-state index in [-0.39, 0.29) is 5.56 Å². The molecule has 0 amide bonds. The first-order valence-electron chi connectivity index (χ1n) is 5.36. The number of rotatable bonds is 2. The van der Waals surface area contributed by atoms with Gasteiger partial charge in [-0.1, -0.05) is 35.3 Å². The highest BCUT2D eigenvalue weighted by Crippen LogP contribution is 2.31. The summed E-state index contributed by atoms with van der Waals surface area (Å²) in [7, 11) is 1.20. The van der Waals surface area contributed by atoms with Crippen molar-refractivity contribution >= 4 is 29.2 Å². The number of carbonyl (C=O) groups excluding carboxylic acids is 1. The first kappa shape index (κ1) is 13.8.